The van der Waals surface area contributed by atoms with E-state index in [0.717, 1.165) is 5.82 Å². The van der Waals surface area contributed by atoms with E-state index in [-0.39, 0.29) is 0 Å². The molecule has 2 aliphatic rings. The minimum Gasteiger partial charge on any atom is -0.320 e. The summed E-state index contributed by atoms with van der Waals surface area (Å²) < 4.78 is 2.16. The first kappa shape index (κ1) is 15.6. The fourth-order valence-corrected chi connectivity index (χ4v) is 5.76. The van der Waals surface area contributed by atoms with Gasteiger partial charge in [0.1, 0.15) is 0 Å². The fourth-order valence-electron chi connectivity index (χ4n) is 3.87. The molecule has 7 heteroatoms. The molecule has 1 N–H and O–H groups in total. The number of nitrogens with zero attached hydrogens (tertiary/aromatic N) is 4. The topological polar surface area (TPSA) is 48.0 Å². The van der Waals surface area contributed by atoms with E-state index in [4.69, 9.17) is 0 Å². The zero-order valence-electron chi connectivity index (χ0n) is 13.4. The number of tetrazole rings is 1. The molecular weight excluding hydrogens is 326 g/mol. The molecule has 23 heavy (non-hydrogen) atoms. The van der Waals surface area contributed by atoms with Gasteiger partial charge in [0.2, 0.25) is 5.82 Å². The Bertz CT molecular complexity index is 600. The standard InChI is InChI=1S/C16H23N5S2/c1-2-5-13(6-3-1)21-16(17-18-19-21)15(14-7-4-10-23-14)20-8-11-22-12-9-20/h4,7,10,13,15H,1-3,5-6,8-9,11-12H2/p+1/t15-/m1/s1. The van der Waals surface area contributed by atoms with Crippen molar-refractivity contribution in [2.24, 2.45) is 0 Å². The number of thioether (sulfide) groups is 1. The van der Waals surface area contributed by atoms with E-state index in [1.807, 2.05) is 11.3 Å². The van der Waals surface area contributed by atoms with Crippen LogP contribution in [0.1, 0.15) is 54.9 Å². The lowest BCUT2D eigenvalue weighted by Crippen LogP contribution is -3.14. The number of rotatable bonds is 4. The molecule has 1 aliphatic heterocycles. The third-order valence-electron chi connectivity index (χ3n) is 5.07. The van der Waals surface area contributed by atoms with Crippen LogP contribution in [0.4, 0.5) is 0 Å². The molecule has 2 aromatic rings. The van der Waals surface area contributed by atoms with E-state index in [2.05, 4.69) is 49.5 Å². The van der Waals surface area contributed by atoms with Crippen molar-refractivity contribution >= 4 is 23.1 Å². The smallest absolute Gasteiger partial charge is 0.215 e. The van der Waals surface area contributed by atoms with Gasteiger partial charge in [0.15, 0.2) is 6.04 Å². The van der Waals surface area contributed by atoms with Gasteiger partial charge in [-0.1, -0.05) is 25.3 Å². The number of hydrogen-bond acceptors (Lipinski definition) is 5. The lowest BCUT2D eigenvalue weighted by atomic mass is 9.95. The zero-order chi connectivity index (χ0) is 15.5. The summed E-state index contributed by atoms with van der Waals surface area (Å²) in [5.74, 6) is 3.56. The molecular formula is C16H24N5S2+. The van der Waals surface area contributed by atoms with Gasteiger partial charge in [-0.15, -0.1) is 16.4 Å². The first-order valence-electron chi connectivity index (χ1n) is 8.67. The Hall–Kier alpha value is -0.920. The monoisotopic (exact) mass is 350 g/mol. The van der Waals surface area contributed by atoms with Gasteiger partial charge < -0.3 is 4.90 Å². The van der Waals surface area contributed by atoms with E-state index >= 15 is 0 Å². The lowest BCUT2D eigenvalue weighted by molar-refractivity contribution is -0.922. The molecule has 124 valence electrons. The third-order valence-corrected chi connectivity index (χ3v) is 6.99. The maximum absolute atomic E-state index is 4.50. The van der Waals surface area contributed by atoms with Crippen LogP contribution in [0, 0.1) is 0 Å². The largest absolute Gasteiger partial charge is 0.320 e. The van der Waals surface area contributed by atoms with Gasteiger partial charge in [-0.3, -0.25) is 0 Å². The Morgan fingerprint density at radius 1 is 1.17 bits per heavy atom. The van der Waals surface area contributed by atoms with Crippen molar-refractivity contribution in [3.63, 3.8) is 0 Å². The Morgan fingerprint density at radius 2 is 2.00 bits per heavy atom. The Morgan fingerprint density at radius 3 is 2.74 bits per heavy atom. The summed E-state index contributed by atoms with van der Waals surface area (Å²) in [5.41, 5.74) is 0. The van der Waals surface area contributed by atoms with E-state index in [9.17, 15) is 0 Å². The van der Waals surface area contributed by atoms with Crippen LogP contribution in [0.25, 0.3) is 0 Å². The minimum atomic E-state index is 0.299. The predicted molar refractivity (Wildman–Crippen MR) is 94.1 cm³/mol. The summed E-state index contributed by atoms with van der Waals surface area (Å²) in [6.45, 7) is 2.40. The molecule has 0 spiro atoms. The van der Waals surface area contributed by atoms with Gasteiger partial charge in [-0.2, -0.15) is 11.8 Å². The summed E-state index contributed by atoms with van der Waals surface area (Å²) in [4.78, 5) is 3.02. The molecule has 4 rings (SSSR count). The molecule has 0 amide bonds. The van der Waals surface area contributed by atoms with E-state index in [0.29, 0.717) is 12.1 Å². The van der Waals surface area contributed by atoms with Crippen molar-refractivity contribution in [3.8, 4) is 0 Å². The van der Waals surface area contributed by atoms with Crippen molar-refractivity contribution in [1.29, 1.82) is 0 Å². The van der Waals surface area contributed by atoms with Gasteiger partial charge >= 0.3 is 0 Å². The normalized spacial score (nSPS) is 22.3. The highest BCUT2D eigenvalue weighted by molar-refractivity contribution is 7.99. The SMILES string of the molecule is c1csc([C@H](c2nnnn2C2CCCCC2)[NH+]2CCSCC2)c1. The summed E-state index contributed by atoms with van der Waals surface area (Å²) >= 11 is 3.91. The van der Waals surface area contributed by atoms with Crippen molar-refractivity contribution in [1.82, 2.24) is 20.2 Å². The number of nitrogens with one attached hydrogen (secondary N) is 1. The summed E-state index contributed by atoms with van der Waals surface area (Å²) in [6, 6.07) is 5.20. The first-order valence-corrected chi connectivity index (χ1v) is 10.7. The molecule has 2 aromatic heterocycles. The minimum absolute atomic E-state index is 0.299. The van der Waals surface area contributed by atoms with Gasteiger partial charge in [0.05, 0.1) is 24.0 Å². The molecule has 0 radical (unpaired) electrons. The average Bonchev–Trinajstić information content (AvgIpc) is 3.30. The lowest BCUT2D eigenvalue weighted by Gasteiger charge is -2.31. The van der Waals surface area contributed by atoms with Crippen molar-refractivity contribution in [2.45, 2.75) is 44.2 Å². The van der Waals surface area contributed by atoms with Gasteiger partial charge in [-0.05, 0) is 34.7 Å². The van der Waals surface area contributed by atoms with Gasteiger partial charge in [-0.25, -0.2) is 4.68 Å². The van der Waals surface area contributed by atoms with Crippen molar-refractivity contribution in [3.05, 3.63) is 28.2 Å². The summed E-state index contributed by atoms with van der Waals surface area (Å²) in [7, 11) is 0. The van der Waals surface area contributed by atoms with Crippen LogP contribution in [0.3, 0.4) is 0 Å². The molecule has 2 fully saturated rings. The van der Waals surface area contributed by atoms with Crippen LogP contribution in [-0.4, -0.2) is 44.8 Å². The summed E-state index contributed by atoms with van der Waals surface area (Å²) in [6.07, 6.45) is 6.42. The summed E-state index contributed by atoms with van der Waals surface area (Å²) in [5, 5.41) is 15.2. The van der Waals surface area contributed by atoms with E-state index in [1.165, 1.54) is 61.6 Å². The molecule has 1 saturated carbocycles. The molecule has 0 aromatic carbocycles. The Balaban J connectivity index is 1.67. The highest BCUT2D eigenvalue weighted by Gasteiger charge is 2.35. The highest BCUT2D eigenvalue weighted by atomic mass is 32.2. The number of aromatic nitrogens is 4. The molecule has 0 unspecified atom stereocenters. The maximum Gasteiger partial charge on any atom is 0.215 e. The molecule has 1 aliphatic carbocycles. The van der Waals surface area contributed by atoms with E-state index in [1.54, 1.807) is 4.90 Å². The molecule has 3 heterocycles. The molecule has 5 nitrogen and oxygen atoms in total. The van der Waals surface area contributed by atoms with Crippen LogP contribution >= 0.6 is 23.1 Å². The second-order valence-corrected chi connectivity index (χ2v) is 8.70. The molecule has 1 saturated heterocycles. The van der Waals surface area contributed by atoms with Crippen molar-refractivity contribution < 1.29 is 4.90 Å². The fraction of sp³-hybridized carbons (Fsp3) is 0.688. The molecule has 1 atom stereocenters. The Kier molecular flexibility index (Phi) is 4.96. The number of thiophene rings is 1. The van der Waals surface area contributed by atoms with Crippen molar-refractivity contribution in [2.75, 3.05) is 24.6 Å². The average molecular weight is 351 g/mol. The quantitative estimate of drug-likeness (QED) is 0.916. The first-order chi connectivity index (χ1) is 11.4. The van der Waals surface area contributed by atoms with Crippen LogP contribution in [0.15, 0.2) is 17.5 Å². The zero-order valence-corrected chi connectivity index (χ0v) is 15.0. The second-order valence-electron chi connectivity index (χ2n) is 6.49. The van der Waals surface area contributed by atoms with Crippen LogP contribution in [0.5, 0.6) is 0 Å². The van der Waals surface area contributed by atoms with Gasteiger partial charge in [0, 0.05) is 11.5 Å². The number of quaternary nitrogens is 1. The van der Waals surface area contributed by atoms with Crippen LogP contribution in [0.2, 0.25) is 0 Å². The highest BCUT2D eigenvalue weighted by Crippen LogP contribution is 2.31. The third kappa shape index (κ3) is 3.32. The van der Waals surface area contributed by atoms with Gasteiger partial charge in [0.25, 0.3) is 0 Å². The van der Waals surface area contributed by atoms with E-state index < -0.39 is 0 Å². The van der Waals surface area contributed by atoms with Crippen LogP contribution in [-0.2, 0) is 0 Å². The molecule has 0 bridgehead atoms. The van der Waals surface area contributed by atoms with Crippen LogP contribution < -0.4 is 4.90 Å². The Labute approximate surface area is 145 Å². The number of hydrogen-bond donors (Lipinski definition) is 1. The predicted octanol–water partition coefficient (Wildman–Crippen LogP) is 1.96. The maximum atomic E-state index is 4.50. The second kappa shape index (κ2) is 7.32.